The number of aryl methyl sites for hydroxylation is 1. The van der Waals surface area contributed by atoms with Crippen LogP contribution in [0.4, 0.5) is 0 Å². The fraction of sp³-hybridized carbons (Fsp3) is 0.714. The van der Waals surface area contributed by atoms with E-state index in [1.54, 1.807) is 0 Å². The summed E-state index contributed by atoms with van der Waals surface area (Å²) in [7, 11) is 0. The Kier molecular flexibility index (Phi) is 3.70. The Labute approximate surface area is 103 Å². The lowest BCUT2D eigenvalue weighted by Gasteiger charge is -2.35. The molecule has 1 aliphatic carbocycles. The number of rotatable bonds is 3. The zero-order valence-corrected chi connectivity index (χ0v) is 11.5. The van der Waals surface area contributed by atoms with Crippen LogP contribution in [0.2, 0.25) is 0 Å². The van der Waals surface area contributed by atoms with Gasteiger partial charge in [-0.1, -0.05) is 20.3 Å². The quantitative estimate of drug-likeness (QED) is 0.834. The average molecular weight is 237 g/mol. The van der Waals surface area contributed by atoms with E-state index in [-0.39, 0.29) is 0 Å². The van der Waals surface area contributed by atoms with E-state index in [9.17, 15) is 0 Å². The highest BCUT2D eigenvalue weighted by Gasteiger charge is 2.27. The molecule has 0 spiro atoms. The Bertz CT molecular complexity index is 340. The summed E-state index contributed by atoms with van der Waals surface area (Å²) in [6.45, 7) is 8.03. The lowest BCUT2D eigenvalue weighted by Crippen LogP contribution is -2.36. The number of thiophene rings is 1. The molecule has 1 nitrogen and oxygen atoms in total. The van der Waals surface area contributed by atoms with Crippen molar-refractivity contribution in [3.63, 3.8) is 0 Å². The van der Waals surface area contributed by atoms with Gasteiger partial charge in [0.2, 0.25) is 0 Å². The minimum absolute atomic E-state index is 0.543. The molecule has 0 saturated heterocycles. The van der Waals surface area contributed by atoms with Crippen molar-refractivity contribution in [3.05, 3.63) is 21.9 Å². The Morgan fingerprint density at radius 2 is 2.25 bits per heavy atom. The van der Waals surface area contributed by atoms with E-state index in [2.05, 4.69) is 38.2 Å². The third-order valence-corrected chi connectivity index (χ3v) is 4.57. The molecule has 2 rings (SSSR count). The SMILES string of the molecule is Cc1ccc(CNC2CCCC(C)(C)C2)s1. The first-order valence-corrected chi connectivity index (χ1v) is 7.15. The molecule has 0 aromatic carbocycles. The van der Waals surface area contributed by atoms with Crippen molar-refractivity contribution < 1.29 is 0 Å². The summed E-state index contributed by atoms with van der Waals surface area (Å²) < 4.78 is 0. The van der Waals surface area contributed by atoms with Gasteiger partial charge in [-0.25, -0.2) is 0 Å². The molecule has 0 radical (unpaired) electrons. The van der Waals surface area contributed by atoms with Crippen molar-refractivity contribution in [1.82, 2.24) is 5.32 Å². The zero-order chi connectivity index (χ0) is 11.6. The molecule has 1 heterocycles. The Balaban J connectivity index is 1.82. The molecular weight excluding hydrogens is 214 g/mol. The van der Waals surface area contributed by atoms with E-state index in [0.29, 0.717) is 5.41 Å². The Morgan fingerprint density at radius 1 is 1.44 bits per heavy atom. The van der Waals surface area contributed by atoms with Gasteiger partial charge < -0.3 is 5.32 Å². The van der Waals surface area contributed by atoms with Crippen LogP contribution in [-0.4, -0.2) is 6.04 Å². The topological polar surface area (TPSA) is 12.0 Å². The zero-order valence-electron chi connectivity index (χ0n) is 10.7. The smallest absolute Gasteiger partial charge is 0.0302 e. The largest absolute Gasteiger partial charge is 0.309 e. The van der Waals surface area contributed by atoms with Crippen LogP contribution >= 0.6 is 11.3 Å². The van der Waals surface area contributed by atoms with E-state index in [1.807, 2.05) is 11.3 Å². The van der Waals surface area contributed by atoms with Gasteiger partial charge >= 0.3 is 0 Å². The summed E-state index contributed by atoms with van der Waals surface area (Å²) in [5, 5.41) is 3.72. The standard InChI is InChI=1S/C14H23NS/c1-11-6-7-13(16-11)10-15-12-5-4-8-14(2,3)9-12/h6-7,12,15H,4-5,8-10H2,1-3H3. The maximum absolute atomic E-state index is 3.72. The van der Waals surface area contributed by atoms with Gasteiger partial charge in [0, 0.05) is 22.3 Å². The molecule has 0 amide bonds. The predicted octanol–water partition coefficient (Wildman–Crippen LogP) is 4.11. The minimum Gasteiger partial charge on any atom is -0.309 e. The predicted molar refractivity (Wildman–Crippen MR) is 71.9 cm³/mol. The summed E-state index contributed by atoms with van der Waals surface area (Å²) in [5.41, 5.74) is 0.543. The number of nitrogens with one attached hydrogen (secondary N) is 1. The molecule has 0 aliphatic heterocycles. The normalized spacial score (nSPS) is 24.6. The number of hydrogen-bond donors (Lipinski definition) is 1. The van der Waals surface area contributed by atoms with Crippen LogP contribution in [0.5, 0.6) is 0 Å². The van der Waals surface area contributed by atoms with Gasteiger partial charge in [0.15, 0.2) is 0 Å². The second kappa shape index (κ2) is 4.89. The molecule has 1 aliphatic rings. The van der Waals surface area contributed by atoms with Crippen molar-refractivity contribution in [3.8, 4) is 0 Å². The molecule has 1 aromatic heterocycles. The second-order valence-corrected chi connectivity index (χ2v) is 7.22. The molecule has 1 saturated carbocycles. The van der Waals surface area contributed by atoms with E-state index < -0.39 is 0 Å². The first kappa shape index (κ1) is 12.1. The summed E-state index contributed by atoms with van der Waals surface area (Å²) >= 11 is 1.91. The average Bonchev–Trinajstić information content (AvgIpc) is 2.60. The molecule has 1 atom stereocenters. The van der Waals surface area contributed by atoms with E-state index >= 15 is 0 Å². The maximum Gasteiger partial charge on any atom is 0.0302 e. The first-order valence-electron chi connectivity index (χ1n) is 6.34. The minimum atomic E-state index is 0.543. The Hall–Kier alpha value is -0.340. The molecule has 1 aromatic rings. The van der Waals surface area contributed by atoms with E-state index in [4.69, 9.17) is 0 Å². The van der Waals surface area contributed by atoms with Gasteiger partial charge in [-0.3, -0.25) is 0 Å². The monoisotopic (exact) mass is 237 g/mol. The van der Waals surface area contributed by atoms with Gasteiger partial charge in [0.25, 0.3) is 0 Å². The van der Waals surface area contributed by atoms with Crippen LogP contribution in [0.15, 0.2) is 12.1 Å². The molecule has 1 fully saturated rings. The lowest BCUT2D eigenvalue weighted by molar-refractivity contribution is 0.198. The van der Waals surface area contributed by atoms with Gasteiger partial charge in [0.1, 0.15) is 0 Å². The van der Waals surface area contributed by atoms with Crippen molar-refractivity contribution in [2.45, 2.75) is 59.0 Å². The lowest BCUT2D eigenvalue weighted by atomic mass is 9.75. The Morgan fingerprint density at radius 3 is 2.88 bits per heavy atom. The number of hydrogen-bond acceptors (Lipinski definition) is 2. The van der Waals surface area contributed by atoms with Crippen LogP contribution < -0.4 is 5.32 Å². The first-order chi connectivity index (χ1) is 7.55. The fourth-order valence-electron chi connectivity index (χ4n) is 2.70. The summed E-state index contributed by atoms with van der Waals surface area (Å²) in [6, 6.07) is 5.19. The van der Waals surface area contributed by atoms with Crippen LogP contribution in [0.1, 0.15) is 49.3 Å². The van der Waals surface area contributed by atoms with E-state index in [1.165, 1.54) is 35.4 Å². The molecule has 0 bridgehead atoms. The fourth-order valence-corrected chi connectivity index (χ4v) is 3.54. The summed E-state index contributed by atoms with van der Waals surface area (Å²) in [6.07, 6.45) is 5.46. The molecule has 90 valence electrons. The van der Waals surface area contributed by atoms with Crippen molar-refractivity contribution >= 4 is 11.3 Å². The van der Waals surface area contributed by atoms with Crippen molar-refractivity contribution in [2.24, 2.45) is 5.41 Å². The highest BCUT2D eigenvalue weighted by atomic mass is 32.1. The van der Waals surface area contributed by atoms with Crippen LogP contribution in [0, 0.1) is 12.3 Å². The highest BCUT2D eigenvalue weighted by Crippen LogP contribution is 2.35. The van der Waals surface area contributed by atoms with Crippen molar-refractivity contribution in [2.75, 3.05) is 0 Å². The van der Waals surface area contributed by atoms with Gasteiger partial charge in [-0.05, 0) is 43.7 Å². The van der Waals surface area contributed by atoms with Gasteiger partial charge in [-0.15, -0.1) is 11.3 Å². The molecule has 1 N–H and O–H groups in total. The molecule has 1 unspecified atom stereocenters. The highest BCUT2D eigenvalue weighted by molar-refractivity contribution is 7.11. The molecular formula is C14H23NS. The third kappa shape index (κ3) is 3.33. The van der Waals surface area contributed by atoms with E-state index in [0.717, 1.165) is 12.6 Å². The van der Waals surface area contributed by atoms with Gasteiger partial charge in [0.05, 0.1) is 0 Å². The van der Waals surface area contributed by atoms with Gasteiger partial charge in [-0.2, -0.15) is 0 Å². The molecule has 2 heteroatoms. The third-order valence-electron chi connectivity index (χ3n) is 3.57. The van der Waals surface area contributed by atoms with Crippen LogP contribution in [-0.2, 0) is 6.54 Å². The summed E-state index contributed by atoms with van der Waals surface area (Å²) in [4.78, 5) is 2.89. The summed E-state index contributed by atoms with van der Waals surface area (Å²) in [5.74, 6) is 0. The van der Waals surface area contributed by atoms with Crippen LogP contribution in [0.3, 0.4) is 0 Å². The molecule has 16 heavy (non-hydrogen) atoms. The second-order valence-electron chi connectivity index (χ2n) is 5.85. The van der Waals surface area contributed by atoms with Crippen molar-refractivity contribution in [1.29, 1.82) is 0 Å². The van der Waals surface area contributed by atoms with Crippen LogP contribution in [0.25, 0.3) is 0 Å². The maximum atomic E-state index is 3.72.